The topological polar surface area (TPSA) is 92.4 Å². The predicted octanol–water partition coefficient (Wildman–Crippen LogP) is 1.89. The summed E-state index contributed by atoms with van der Waals surface area (Å²) < 4.78 is 0. The van der Waals surface area contributed by atoms with Gasteiger partial charge in [-0.1, -0.05) is 0 Å². The molecular formula is C14H16N4O3. The van der Waals surface area contributed by atoms with Gasteiger partial charge in [-0.15, -0.1) is 0 Å². The first kappa shape index (κ1) is 13.7. The number of rotatable bonds is 2. The number of nitro groups is 1. The number of benzene rings is 1. The molecule has 1 aromatic carbocycles. The molecule has 2 aromatic rings. The van der Waals surface area contributed by atoms with E-state index in [2.05, 4.69) is 9.97 Å². The summed E-state index contributed by atoms with van der Waals surface area (Å²) in [6.07, 6.45) is 3.05. The molecule has 1 unspecified atom stereocenters. The average molecular weight is 288 g/mol. The highest BCUT2D eigenvalue weighted by Crippen LogP contribution is 2.30. The van der Waals surface area contributed by atoms with Gasteiger partial charge < -0.3 is 10.0 Å². The Bertz CT molecular complexity index is 702. The SMILES string of the molecule is CC1(O)CCCN(c2ncnc3ccc([N+](=O)[O-])cc23)C1. The fourth-order valence-corrected chi connectivity index (χ4v) is 2.80. The number of non-ortho nitro benzene ring substituents is 1. The minimum Gasteiger partial charge on any atom is -0.388 e. The molecule has 1 N–H and O–H groups in total. The molecule has 0 aliphatic carbocycles. The summed E-state index contributed by atoms with van der Waals surface area (Å²) in [6, 6.07) is 4.56. The normalized spacial score (nSPS) is 22.5. The third-order valence-corrected chi connectivity index (χ3v) is 3.78. The summed E-state index contributed by atoms with van der Waals surface area (Å²) in [7, 11) is 0. The van der Waals surface area contributed by atoms with E-state index in [4.69, 9.17) is 0 Å². The highest BCUT2D eigenvalue weighted by molar-refractivity contribution is 5.91. The predicted molar refractivity (Wildman–Crippen MR) is 78.3 cm³/mol. The van der Waals surface area contributed by atoms with Crippen molar-refractivity contribution in [2.24, 2.45) is 0 Å². The molecule has 3 rings (SSSR count). The number of piperidine rings is 1. The van der Waals surface area contributed by atoms with Crippen molar-refractivity contribution in [3.63, 3.8) is 0 Å². The summed E-state index contributed by atoms with van der Waals surface area (Å²) >= 11 is 0. The molecule has 0 bridgehead atoms. The van der Waals surface area contributed by atoms with Gasteiger partial charge in [0, 0.05) is 30.6 Å². The van der Waals surface area contributed by atoms with Crippen molar-refractivity contribution in [2.75, 3.05) is 18.0 Å². The van der Waals surface area contributed by atoms with Crippen molar-refractivity contribution >= 4 is 22.4 Å². The Hall–Kier alpha value is -2.28. The molecule has 7 nitrogen and oxygen atoms in total. The number of aliphatic hydroxyl groups is 1. The van der Waals surface area contributed by atoms with Crippen LogP contribution in [-0.2, 0) is 0 Å². The fourth-order valence-electron chi connectivity index (χ4n) is 2.80. The summed E-state index contributed by atoms with van der Waals surface area (Å²) in [5.74, 6) is 0.642. The van der Waals surface area contributed by atoms with Gasteiger partial charge >= 0.3 is 0 Å². The third kappa shape index (κ3) is 2.64. The van der Waals surface area contributed by atoms with Crippen molar-refractivity contribution in [3.8, 4) is 0 Å². The van der Waals surface area contributed by atoms with Crippen LogP contribution in [0.3, 0.4) is 0 Å². The molecule has 0 spiro atoms. The largest absolute Gasteiger partial charge is 0.388 e. The maximum atomic E-state index is 10.9. The van der Waals surface area contributed by atoms with Crippen LogP contribution in [0.2, 0.25) is 0 Å². The van der Waals surface area contributed by atoms with Gasteiger partial charge in [-0.25, -0.2) is 9.97 Å². The van der Waals surface area contributed by atoms with Gasteiger partial charge in [0.15, 0.2) is 0 Å². The minimum absolute atomic E-state index is 0.0160. The zero-order chi connectivity index (χ0) is 15.0. The summed E-state index contributed by atoms with van der Waals surface area (Å²) in [5.41, 5.74) is -0.0888. The van der Waals surface area contributed by atoms with Crippen LogP contribution in [0.4, 0.5) is 11.5 Å². The molecule has 7 heteroatoms. The summed E-state index contributed by atoms with van der Waals surface area (Å²) in [5, 5.41) is 21.8. The lowest BCUT2D eigenvalue weighted by Crippen LogP contribution is -2.46. The Balaban J connectivity index is 2.09. The number of nitrogens with zero attached hydrogens (tertiary/aromatic N) is 4. The van der Waals surface area contributed by atoms with E-state index < -0.39 is 10.5 Å². The highest BCUT2D eigenvalue weighted by Gasteiger charge is 2.30. The van der Waals surface area contributed by atoms with E-state index in [1.807, 2.05) is 4.90 Å². The maximum absolute atomic E-state index is 10.9. The number of fused-ring (bicyclic) bond motifs is 1. The van der Waals surface area contributed by atoms with E-state index in [0.29, 0.717) is 23.3 Å². The van der Waals surface area contributed by atoms with Gasteiger partial charge in [-0.05, 0) is 25.8 Å². The van der Waals surface area contributed by atoms with Crippen LogP contribution in [0.25, 0.3) is 10.9 Å². The number of hydrogen-bond acceptors (Lipinski definition) is 6. The Kier molecular flexibility index (Phi) is 3.21. The number of aromatic nitrogens is 2. The summed E-state index contributed by atoms with van der Waals surface area (Å²) in [6.45, 7) is 3.03. The van der Waals surface area contributed by atoms with Crippen LogP contribution in [0.15, 0.2) is 24.5 Å². The Morgan fingerprint density at radius 2 is 2.24 bits per heavy atom. The van der Waals surface area contributed by atoms with E-state index >= 15 is 0 Å². The first-order chi connectivity index (χ1) is 9.96. The first-order valence-electron chi connectivity index (χ1n) is 6.83. The standard InChI is InChI=1S/C14H16N4O3/c1-14(19)5-2-6-17(8-14)13-11-7-10(18(20)21)3-4-12(11)15-9-16-13/h3-4,7,9,19H,2,5-6,8H2,1H3. The molecule has 1 aliphatic rings. The average Bonchev–Trinajstić information content (AvgIpc) is 2.45. The van der Waals surface area contributed by atoms with Crippen molar-refractivity contribution in [3.05, 3.63) is 34.6 Å². The maximum Gasteiger partial charge on any atom is 0.270 e. The van der Waals surface area contributed by atoms with Crippen molar-refractivity contribution in [1.29, 1.82) is 0 Å². The smallest absolute Gasteiger partial charge is 0.270 e. The second-order valence-electron chi connectivity index (χ2n) is 5.68. The molecule has 0 amide bonds. The van der Waals surface area contributed by atoms with Gasteiger partial charge in [0.25, 0.3) is 5.69 Å². The molecule has 2 heterocycles. The van der Waals surface area contributed by atoms with E-state index in [1.54, 1.807) is 13.0 Å². The molecule has 1 saturated heterocycles. The lowest BCUT2D eigenvalue weighted by Gasteiger charge is -2.37. The highest BCUT2D eigenvalue weighted by atomic mass is 16.6. The molecule has 1 fully saturated rings. The molecule has 0 saturated carbocycles. The number of anilines is 1. The zero-order valence-electron chi connectivity index (χ0n) is 11.7. The molecule has 0 radical (unpaired) electrons. The molecule has 1 aliphatic heterocycles. The lowest BCUT2D eigenvalue weighted by atomic mass is 9.95. The molecule has 110 valence electrons. The quantitative estimate of drug-likeness (QED) is 0.670. The van der Waals surface area contributed by atoms with Crippen LogP contribution in [0.1, 0.15) is 19.8 Å². The minimum atomic E-state index is -0.768. The van der Waals surface area contributed by atoms with E-state index in [-0.39, 0.29) is 5.69 Å². The lowest BCUT2D eigenvalue weighted by molar-refractivity contribution is -0.384. The van der Waals surface area contributed by atoms with Crippen LogP contribution < -0.4 is 4.90 Å². The fraction of sp³-hybridized carbons (Fsp3) is 0.429. The monoisotopic (exact) mass is 288 g/mol. The Morgan fingerprint density at radius 3 is 2.95 bits per heavy atom. The molecular weight excluding hydrogens is 272 g/mol. The van der Waals surface area contributed by atoms with Crippen LogP contribution in [0, 0.1) is 10.1 Å². The zero-order valence-corrected chi connectivity index (χ0v) is 11.7. The number of nitro benzene ring substituents is 1. The summed E-state index contributed by atoms with van der Waals surface area (Å²) in [4.78, 5) is 20.9. The third-order valence-electron chi connectivity index (χ3n) is 3.78. The van der Waals surface area contributed by atoms with Crippen molar-refractivity contribution in [2.45, 2.75) is 25.4 Å². The number of β-amino-alcohol motifs (C(OH)–C–C–N with tert-alkyl or cyclic N) is 1. The van der Waals surface area contributed by atoms with E-state index in [9.17, 15) is 15.2 Å². The van der Waals surface area contributed by atoms with Gasteiger partial charge in [0.1, 0.15) is 12.1 Å². The second-order valence-corrected chi connectivity index (χ2v) is 5.68. The Labute approximate surface area is 121 Å². The first-order valence-corrected chi connectivity index (χ1v) is 6.83. The van der Waals surface area contributed by atoms with Crippen molar-refractivity contribution < 1.29 is 10.0 Å². The van der Waals surface area contributed by atoms with Gasteiger partial charge in [0.05, 0.1) is 16.0 Å². The molecule has 1 atom stereocenters. The van der Waals surface area contributed by atoms with Crippen LogP contribution in [-0.4, -0.2) is 38.7 Å². The van der Waals surface area contributed by atoms with E-state index in [0.717, 1.165) is 19.4 Å². The second kappa shape index (κ2) is 4.92. The van der Waals surface area contributed by atoms with E-state index in [1.165, 1.54) is 18.5 Å². The van der Waals surface area contributed by atoms with Gasteiger partial charge in [0.2, 0.25) is 0 Å². The van der Waals surface area contributed by atoms with Gasteiger partial charge in [-0.3, -0.25) is 10.1 Å². The molecule has 21 heavy (non-hydrogen) atoms. The van der Waals surface area contributed by atoms with Crippen LogP contribution in [0.5, 0.6) is 0 Å². The van der Waals surface area contributed by atoms with Gasteiger partial charge in [-0.2, -0.15) is 0 Å². The van der Waals surface area contributed by atoms with Crippen molar-refractivity contribution in [1.82, 2.24) is 9.97 Å². The number of hydrogen-bond donors (Lipinski definition) is 1. The molecule has 1 aromatic heterocycles. The van der Waals surface area contributed by atoms with Crippen LogP contribution >= 0.6 is 0 Å². The Morgan fingerprint density at radius 1 is 1.43 bits per heavy atom.